The quantitative estimate of drug-likeness (QED) is 0.171. The summed E-state index contributed by atoms with van der Waals surface area (Å²) < 4.78 is 0. The molecule has 2 atom stereocenters. The molecule has 3 aliphatic rings. The lowest BCUT2D eigenvalue weighted by molar-refractivity contribution is 0.626. The zero-order chi connectivity index (χ0) is 28.5. The van der Waals surface area contributed by atoms with Gasteiger partial charge in [0.25, 0.3) is 0 Å². The van der Waals surface area contributed by atoms with Crippen molar-refractivity contribution in [2.75, 3.05) is 0 Å². The zero-order valence-electron chi connectivity index (χ0n) is 23.6. The topological polar surface area (TPSA) is 0 Å². The summed E-state index contributed by atoms with van der Waals surface area (Å²) in [6, 6.07) is 24.4. The maximum absolute atomic E-state index is 6.46. The number of rotatable bonds is 6. The monoisotopic (exact) mass is 524 g/mol. The Morgan fingerprint density at radius 1 is 0.805 bits per heavy atom. The Balaban J connectivity index is 1.92. The molecule has 0 radical (unpaired) electrons. The molecule has 0 N–H and O–H groups in total. The first-order chi connectivity index (χ1) is 20.2. The summed E-state index contributed by atoms with van der Waals surface area (Å²) in [5, 5.41) is 0. The minimum Gasteiger partial charge on any atom is -0.121 e. The van der Waals surface area contributed by atoms with E-state index in [1.54, 1.807) is 0 Å². The van der Waals surface area contributed by atoms with Crippen molar-refractivity contribution in [1.82, 2.24) is 0 Å². The van der Waals surface area contributed by atoms with Gasteiger partial charge in [-0.2, -0.15) is 0 Å². The lowest BCUT2D eigenvalue weighted by Gasteiger charge is -2.50. The van der Waals surface area contributed by atoms with Crippen LogP contribution in [0, 0.1) is 12.3 Å². The Labute approximate surface area is 244 Å². The molecule has 2 unspecified atom stereocenters. The fourth-order valence-corrected chi connectivity index (χ4v) is 7.24. The van der Waals surface area contributed by atoms with Gasteiger partial charge in [-0.15, -0.1) is 12.2 Å². The molecule has 3 aromatic rings. The summed E-state index contributed by atoms with van der Waals surface area (Å²) in [7, 11) is 0. The SMILES string of the molecule is C#C/C(=C\C=C/C)C12c3ccccc3-c3cccc(c31)C(C1=CC=C=CC=C1)(C(/C=C\C)=C/C=C)c1ccccc12. The first kappa shape index (κ1) is 26.2. The van der Waals surface area contributed by atoms with E-state index in [9.17, 15) is 0 Å². The maximum Gasteiger partial charge on any atom is 0.0798 e. The standard InChI is InChI=1S/C41H32/c1-5-9-21-30(8-4)41-35-26-15-14-24-33(35)34-25-18-29-38(39(34)41)40(31(19-6-2)20-7-3,32-22-12-10-11-13-23-32)36-27-16-17-28-37(36)41/h4-7,9-10,12-29H,2H2,1,3H3/b9-5-,20-7-,30-21+,31-19+. The highest BCUT2D eigenvalue weighted by Gasteiger charge is 2.58. The van der Waals surface area contributed by atoms with Crippen molar-refractivity contribution in [3.8, 4) is 23.5 Å². The van der Waals surface area contributed by atoms with E-state index in [0.717, 1.165) is 16.7 Å². The van der Waals surface area contributed by atoms with E-state index in [1.807, 2.05) is 31.2 Å². The number of hydrogen-bond donors (Lipinski definition) is 0. The molecule has 0 saturated heterocycles. The van der Waals surface area contributed by atoms with Gasteiger partial charge in [-0.05, 0) is 88.2 Å². The van der Waals surface area contributed by atoms with Crippen LogP contribution in [0.2, 0.25) is 0 Å². The molecule has 0 spiro atoms. The van der Waals surface area contributed by atoms with Gasteiger partial charge in [-0.3, -0.25) is 0 Å². The van der Waals surface area contributed by atoms with Crippen LogP contribution >= 0.6 is 0 Å². The molecule has 0 aromatic heterocycles. The maximum atomic E-state index is 6.46. The van der Waals surface area contributed by atoms with Gasteiger partial charge >= 0.3 is 0 Å². The van der Waals surface area contributed by atoms with Gasteiger partial charge in [0.1, 0.15) is 0 Å². The molecule has 0 heteroatoms. The molecular weight excluding hydrogens is 492 g/mol. The summed E-state index contributed by atoms with van der Waals surface area (Å²) in [5.74, 6) is 3.17. The summed E-state index contributed by atoms with van der Waals surface area (Å²) in [6.07, 6.45) is 31.6. The Hall–Kier alpha value is -5.08. The number of fused-ring (bicyclic) bond motifs is 5. The van der Waals surface area contributed by atoms with Gasteiger partial charge in [0.05, 0.1) is 10.8 Å². The van der Waals surface area contributed by atoms with Gasteiger partial charge in [0.15, 0.2) is 0 Å². The van der Waals surface area contributed by atoms with Gasteiger partial charge < -0.3 is 0 Å². The average molecular weight is 525 g/mol. The fourth-order valence-electron chi connectivity index (χ4n) is 7.24. The smallest absolute Gasteiger partial charge is 0.0798 e. The number of allylic oxidation sites excluding steroid dienone is 14. The minimum absolute atomic E-state index is 0.624. The first-order valence-corrected chi connectivity index (χ1v) is 14.1. The predicted octanol–water partition coefficient (Wildman–Crippen LogP) is 9.63. The van der Waals surface area contributed by atoms with E-state index in [1.165, 1.54) is 38.9 Å². The molecule has 0 fully saturated rings. The highest BCUT2D eigenvalue weighted by molar-refractivity contribution is 5.92. The molecule has 3 aliphatic carbocycles. The van der Waals surface area contributed by atoms with Crippen LogP contribution in [0.1, 0.15) is 41.7 Å². The molecule has 196 valence electrons. The van der Waals surface area contributed by atoms with Gasteiger partial charge in [-0.25, -0.2) is 0 Å². The van der Waals surface area contributed by atoms with Crippen molar-refractivity contribution in [3.05, 3.63) is 196 Å². The molecule has 41 heavy (non-hydrogen) atoms. The third-order valence-corrected chi connectivity index (χ3v) is 8.55. The van der Waals surface area contributed by atoms with E-state index in [-0.39, 0.29) is 0 Å². The molecule has 0 saturated carbocycles. The zero-order valence-corrected chi connectivity index (χ0v) is 23.6. The van der Waals surface area contributed by atoms with Crippen molar-refractivity contribution in [3.63, 3.8) is 0 Å². The Morgan fingerprint density at radius 2 is 1.51 bits per heavy atom. The van der Waals surface area contributed by atoms with E-state index in [4.69, 9.17) is 6.42 Å². The molecule has 3 aromatic carbocycles. The van der Waals surface area contributed by atoms with Gasteiger partial charge in [0, 0.05) is 5.57 Å². The molecule has 0 aliphatic heterocycles. The third-order valence-electron chi connectivity index (χ3n) is 8.55. The van der Waals surface area contributed by atoms with Crippen LogP contribution in [0.3, 0.4) is 0 Å². The lowest BCUT2D eigenvalue weighted by Crippen LogP contribution is -2.45. The second kappa shape index (κ2) is 10.5. The molecule has 0 nitrogen and oxygen atoms in total. The van der Waals surface area contributed by atoms with E-state index < -0.39 is 10.8 Å². The normalized spacial score (nSPS) is 22.2. The Bertz CT molecular complexity index is 1860. The van der Waals surface area contributed by atoms with E-state index >= 15 is 0 Å². The van der Waals surface area contributed by atoms with Crippen LogP contribution in [0.15, 0.2) is 169 Å². The molecular formula is C41H32. The van der Waals surface area contributed by atoms with Crippen molar-refractivity contribution < 1.29 is 0 Å². The van der Waals surface area contributed by atoms with Crippen molar-refractivity contribution >= 4 is 0 Å². The third kappa shape index (κ3) is 3.50. The summed E-state index contributed by atoms with van der Waals surface area (Å²) >= 11 is 0. The summed E-state index contributed by atoms with van der Waals surface area (Å²) in [4.78, 5) is 0. The minimum atomic E-state index is -0.630. The van der Waals surface area contributed by atoms with Crippen LogP contribution in [0.25, 0.3) is 11.1 Å². The van der Waals surface area contributed by atoms with Crippen LogP contribution in [0.5, 0.6) is 0 Å². The van der Waals surface area contributed by atoms with E-state index in [0.29, 0.717) is 0 Å². The molecule has 0 heterocycles. The fraction of sp³-hybridized carbons (Fsp3) is 0.0976. The largest absolute Gasteiger partial charge is 0.121 e. The number of hydrogen-bond acceptors (Lipinski definition) is 0. The second-order valence-corrected chi connectivity index (χ2v) is 10.4. The molecule has 0 amide bonds. The second-order valence-electron chi connectivity index (χ2n) is 10.4. The van der Waals surface area contributed by atoms with Crippen LogP contribution in [-0.2, 0) is 10.8 Å². The van der Waals surface area contributed by atoms with Crippen molar-refractivity contribution in [2.45, 2.75) is 24.7 Å². The van der Waals surface area contributed by atoms with Gasteiger partial charge in [0.2, 0.25) is 0 Å². The van der Waals surface area contributed by atoms with Crippen molar-refractivity contribution in [1.29, 1.82) is 0 Å². The Morgan fingerprint density at radius 3 is 2.24 bits per heavy atom. The summed E-state index contributed by atoms with van der Waals surface area (Å²) in [5.41, 5.74) is 13.8. The number of benzene rings is 3. The highest BCUT2D eigenvalue weighted by Crippen LogP contribution is 2.66. The highest BCUT2D eigenvalue weighted by atomic mass is 14.6. The predicted molar refractivity (Wildman–Crippen MR) is 174 cm³/mol. The van der Waals surface area contributed by atoms with Crippen molar-refractivity contribution in [2.24, 2.45) is 0 Å². The first-order valence-electron chi connectivity index (χ1n) is 14.1. The van der Waals surface area contributed by atoms with Gasteiger partial charge in [-0.1, -0.05) is 128 Å². The van der Waals surface area contributed by atoms with Crippen LogP contribution in [0.4, 0.5) is 0 Å². The number of terminal acetylenes is 1. The molecule has 6 rings (SSSR count). The van der Waals surface area contributed by atoms with Crippen LogP contribution in [-0.4, -0.2) is 0 Å². The average Bonchev–Trinajstić information content (AvgIpc) is 3.13. The molecule has 0 bridgehead atoms. The van der Waals surface area contributed by atoms with Crippen LogP contribution < -0.4 is 0 Å². The summed E-state index contributed by atoms with van der Waals surface area (Å²) in [6.45, 7) is 8.23. The lowest BCUT2D eigenvalue weighted by atomic mass is 9.51. The van der Waals surface area contributed by atoms with E-state index in [2.05, 4.69) is 140 Å². The Kier molecular flexibility index (Phi) is 6.69.